The van der Waals surface area contributed by atoms with Gasteiger partial charge in [0.1, 0.15) is 5.75 Å². The fraction of sp³-hybridized carbons (Fsp3) is 0.176. The van der Waals surface area contributed by atoms with Crippen LogP contribution in [0.25, 0.3) is 0 Å². The van der Waals surface area contributed by atoms with Crippen LogP contribution < -0.4 is 15.6 Å². The number of hydrogen-bond donors (Lipinski definition) is 2. The Morgan fingerprint density at radius 2 is 1.75 bits per heavy atom. The Morgan fingerprint density at radius 1 is 1.04 bits per heavy atom. The molecule has 2 aromatic rings. The lowest BCUT2D eigenvalue weighted by Crippen LogP contribution is -2.44. The molecule has 0 aliphatic rings. The molecule has 0 spiro atoms. The highest BCUT2D eigenvalue weighted by molar-refractivity contribution is 6.35. The minimum Gasteiger partial charge on any atom is -0.482 e. The van der Waals surface area contributed by atoms with Crippen LogP contribution in [0.5, 0.6) is 5.75 Å². The molecular formula is C17H16Cl2N2O3. The van der Waals surface area contributed by atoms with Gasteiger partial charge in [0.15, 0.2) is 6.61 Å². The molecule has 0 radical (unpaired) electrons. The summed E-state index contributed by atoms with van der Waals surface area (Å²) in [6.07, 6.45) is 0.177. The SMILES string of the molecule is Cc1ccccc1CC(=O)NNC(=O)COc1ccc(Cl)cc1Cl. The maximum atomic E-state index is 11.8. The van der Waals surface area contributed by atoms with Crippen LogP contribution in [0.3, 0.4) is 0 Å². The Labute approximate surface area is 149 Å². The van der Waals surface area contributed by atoms with Gasteiger partial charge in [0.05, 0.1) is 11.4 Å². The molecule has 0 aliphatic carbocycles. The van der Waals surface area contributed by atoms with Crippen molar-refractivity contribution in [2.24, 2.45) is 0 Å². The average molecular weight is 367 g/mol. The van der Waals surface area contributed by atoms with Gasteiger partial charge >= 0.3 is 0 Å². The van der Waals surface area contributed by atoms with Crippen molar-refractivity contribution >= 4 is 35.0 Å². The van der Waals surface area contributed by atoms with E-state index in [0.717, 1.165) is 11.1 Å². The van der Waals surface area contributed by atoms with E-state index in [9.17, 15) is 9.59 Å². The smallest absolute Gasteiger partial charge is 0.276 e. The van der Waals surface area contributed by atoms with Crippen LogP contribution in [0, 0.1) is 6.92 Å². The van der Waals surface area contributed by atoms with E-state index >= 15 is 0 Å². The van der Waals surface area contributed by atoms with Crippen LogP contribution in [0.1, 0.15) is 11.1 Å². The van der Waals surface area contributed by atoms with Gasteiger partial charge in [-0.05, 0) is 36.2 Å². The zero-order valence-corrected chi connectivity index (χ0v) is 14.4. The molecule has 5 nitrogen and oxygen atoms in total. The summed E-state index contributed by atoms with van der Waals surface area (Å²) in [6, 6.07) is 12.2. The maximum absolute atomic E-state index is 11.8. The number of benzene rings is 2. The Balaban J connectivity index is 1.76. The molecule has 0 saturated heterocycles. The monoisotopic (exact) mass is 366 g/mol. The molecule has 0 aromatic heterocycles. The minimum absolute atomic E-state index is 0.177. The lowest BCUT2D eigenvalue weighted by molar-refractivity contribution is -0.129. The summed E-state index contributed by atoms with van der Waals surface area (Å²) in [5.74, 6) is -0.483. The number of carbonyl (C=O) groups excluding carboxylic acids is 2. The van der Waals surface area contributed by atoms with Crippen LogP contribution in [0.4, 0.5) is 0 Å². The standard InChI is InChI=1S/C17H16Cl2N2O3/c1-11-4-2-3-5-12(11)8-16(22)20-21-17(23)10-24-15-7-6-13(18)9-14(15)19/h2-7,9H,8,10H2,1H3,(H,20,22)(H,21,23). The number of nitrogens with one attached hydrogen (secondary N) is 2. The number of hydrogen-bond acceptors (Lipinski definition) is 3. The lowest BCUT2D eigenvalue weighted by atomic mass is 10.1. The number of ether oxygens (including phenoxy) is 1. The molecule has 2 rings (SSSR count). The first-order valence-electron chi connectivity index (χ1n) is 7.16. The first-order chi connectivity index (χ1) is 11.5. The number of amides is 2. The average Bonchev–Trinajstić information content (AvgIpc) is 2.54. The molecule has 0 bridgehead atoms. The minimum atomic E-state index is -0.501. The van der Waals surface area contributed by atoms with Gasteiger partial charge in [0.25, 0.3) is 5.91 Å². The predicted molar refractivity (Wildman–Crippen MR) is 93.1 cm³/mol. The molecule has 2 N–H and O–H groups in total. The predicted octanol–water partition coefficient (Wildman–Crippen LogP) is 3.07. The highest BCUT2D eigenvalue weighted by Crippen LogP contribution is 2.27. The number of halogens is 2. The summed E-state index contributed by atoms with van der Waals surface area (Å²) in [4.78, 5) is 23.5. The zero-order valence-electron chi connectivity index (χ0n) is 12.9. The van der Waals surface area contributed by atoms with Crippen molar-refractivity contribution in [3.63, 3.8) is 0 Å². The quantitative estimate of drug-likeness (QED) is 0.799. The third kappa shape index (κ3) is 5.44. The third-order valence-electron chi connectivity index (χ3n) is 3.21. The van der Waals surface area contributed by atoms with E-state index in [0.29, 0.717) is 15.8 Å². The van der Waals surface area contributed by atoms with Crippen LogP contribution in [0.15, 0.2) is 42.5 Å². The molecule has 0 fully saturated rings. The van der Waals surface area contributed by atoms with Crippen molar-refractivity contribution in [1.29, 1.82) is 0 Å². The third-order valence-corrected chi connectivity index (χ3v) is 3.74. The van der Waals surface area contributed by atoms with E-state index in [4.69, 9.17) is 27.9 Å². The van der Waals surface area contributed by atoms with E-state index in [1.165, 1.54) is 6.07 Å². The Bertz CT molecular complexity index is 750. The topological polar surface area (TPSA) is 67.4 Å². The van der Waals surface area contributed by atoms with Gasteiger partial charge in [0.2, 0.25) is 5.91 Å². The maximum Gasteiger partial charge on any atom is 0.276 e. The Kier molecular flexibility index (Phi) is 6.46. The van der Waals surface area contributed by atoms with E-state index < -0.39 is 5.91 Å². The van der Waals surface area contributed by atoms with Crippen LogP contribution in [0.2, 0.25) is 10.0 Å². The summed E-state index contributed by atoms with van der Waals surface area (Å²) < 4.78 is 5.27. The first kappa shape index (κ1) is 18.1. The number of hydrazine groups is 1. The second-order valence-corrected chi connectivity index (χ2v) is 5.91. The molecule has 0 aliphatic heterocycles. The van der Waals surface area contributed by atoms with Gasteiger partial charge in [0, 0.05) is 5.02 Å². The molecule has 2 aromatic carbocycles. The van der Waals surface area contributed by atoms with Gasteiger partial charge in [-0.1, -0.05) is 47.5 Å². The fourth-order valence-electron chi connectivity index (χ4n) is 1.94. The van der Waals surface area contributed by atoms with E-state index in [1.807, 2.05) is 31.2 Å². The number of carbonyl (C=O) groups is 2. The number of rotatable bonds is 5. The van der Waals surface area contributed by atoms with Crippen LogP contribution in [-0.2, 0) is 16.0 Å². The van der Waals surface area contributed by atoms with Gasteiger partial charge in [-0.25, -0.2) is 0 Å². The summed E-state index contributed by atoms with van der Waals surface area (Å²) >= 11 is 11.7. The molecule has 0 saturated carbocycles. The second-order valence-electron chi connectivity index (χ2n) is 5.06. The molecule has 7 heteroatoms. The molecule has 2 amide bonds. The fourth-order valence-corrected chi connectivity index (χ4v) is 2.40. The van der Waals surface area contributed by atoms with Crippen molar-refractivity contribution in [2.75, 3.05) is 6.61 Å². The molecule has 126 valence electrons. The molecule has 0 heterocycles. The summed E-state index contributed by atoms with van der Waals surface area (Å²) in [7, 11) is 0. The molecule has 24 heavy (non-hydrogen) atoms. The van der Waals surface area contributed by atoms with Crippen molar-refractivity contribution in [1.82, 2.24) is 10.9 Å². The van der Waals surface area contributed by atoms with Crippen molar-refractivity contribution in [3.8, 4) is 5.75 Å². The molecule has 0 unspecified atom stereocenters. The van der Waals surface area contributed by atoms with E-state index in [1.54, 1.807) is 12.1 Å². The van der Waals surface area contributed by atoms with E-state index in [-0.39, 0.29) is 18.9 Å². The van der Waals surface area contributed by atoms with Crippen molar-refractivity contribution < 1.29 is 14.3 Å². The van der Waals surface area contributed by atoms with E-state index in [2.05, 4.69) is 10.9 Å². The second kappa shape index (κ2) is 8.57. The highest BCUT2D eigenvalue weighted by Gasteiger charge is 2.09. The van der Waals surface area contributed by atoms with Crippen LogP contribution in [-0.4, -0.2) is 18.4 Å². The molecule has 0 atom stereocenters. The van der Waals surface area contributed by atoms with Gasteiger partial charge < -0.3 is 4.74 Å². The summed E-state index contributed by atoms with van der Waals surface area (Å²) in [6.45, 7) is 1.64. The van der Waals surface area contributed by atoms with Gasteiger partial charge in [-0.15, -0.1) is 0 Å². The van der Waals surface area contributed by atoms with Crippen molar-refractivity contribution in [3.05, 3.63) is 63.6 Å². The van der Waals surface area contributed by atoms with Gasteiger partial charge in [-0.3, -0.25) is 20.4 Å². The summed E-state index contributed by atoms with van der Waals surface area (Å²) in [5.41, 5.74) is 6.55. The largest absolute Gasteiger partial charge is 0.482 e. The zero-order chi connectivity index (χ0) is 17.5. The Morgan fingerprint density at radius 3 is 2.46 bits per heavy atom. The van der Waals surface area contributed by atoms with Crippen LogP contribution >= 0.6 is 23.2 Å². The first-order valence-corrected chi connectivity index (χ1v) is 7.91. The van der Waals surface area contributed by atoms with Crippen molar-refractivity contribution in [2.45, 2.75) is 13.3 Å². The van der Waals surface area contributed by atoms with Gasteiger partial charge in [-0.2, -0.15) is 0 Å². The summed E-state index contributed by atoms with van der Waals surface area (Å²) in [5, 5.41) is 0.777. The highest BCUT2D eigenvalue weighted by atomic mass is 35.5. The normalized spacial score (nSPS) is 10.1. The lowest BCUT2D eigenvalue weighted by Gasteiger charge is -2.10. The number of aryl methyl sites for hydroxylation is 1. The Hall–Kier alpha value is -2.24. The molecular weight excluding hydrogens is 351 g/mol.